The number of aromatic nitrogens is 2. The minimum atomic E-state index is -0.0123. The Kier molecular flexibility index (Phi) is 9.19. The third kappa shape index (κ3) is 6.67. The van der Waals surface area contributed by atoms with Crippen molar-refractivity contribution >= 4 is 11.1 Å². The third-order valence-electron chi connectivity index (χ3n) is 8.26. The van der Waals surface area contributed by atoms with Crippen LogP contribution in [0.2, 0.25) is 0 Å². The van der Waals surface area contributed by atoms with Gasteiger partial charge in [0, 0.05) is 33.0 Å². The molecular formula is C40H39N2O2Pt-. The Hall–Kier alpha value is -4.01. The van der Waals surface area contributed by atoms with Crippen LogP contribution in [-0.4, -0.2) is 15.1 Å². The van der Waals surface area contributed by atoms with E-state index in [0.717, 1.165) is 33.5 Å². The molecule has 2 heterocycles. The monoisotopic (exact) mass is 774 g/mol. The van der Waals surface area contributed by atoms with Gasteiger partial charge >= 0.3 is 0 Å². The van der Waals surface area contributed by atoms with Crippen LogP contribution in [0.25, 0.3) is 56.1 Å². The van der Waals surface area contributed by atoms with Crippen molar-refractivity contribution in [2.75, 3.05) is 0 Å². The van der Waals surface area contributed by atoms with Crippen LogP contribution in [0.1, 0.15) is 77.0 Å². The Morgan fingerprint density at radius 3 is 2.04 bits per heavy atom. The number of phenols is 1. The average Bonchev–Trinajstić information content (AvgIpc) is 3.45. The van der Waals surface area contributed by atoms with E-state index in [1.807, 2.05) is 30.5 Å². The summed E-state index contributed by atoms with van der Waals surface area (Å²) in [7, 11) is 0. The molecule has 0 atom stereocenters. The first-order valence-electron chi connectivity index (χ1n) is 15.4. The molecule has 232 valence electrons. The van der Waals surface area contributed by atoms with Gasteiger partial charge in [0.05, 0.1) is 11.1 Å². The van der Waals surface area contributed by atoms with Crippen molar-refractivity contribution in [3.05, 3.63) is 114 Å². The molecule has 6 aromatic rings. The average molecular weight is 775 g/mol. The Bertz CT molecular complexity index is 1960. The second-order valence-corrected chi connectivity index (χ2v) is 13.3. The van der Waals surface area contributed by atoms with Gasteiger partial charge in [0.15, 0.2) is 0 Å². The van der Waals surface area contributed by atoms with Gasteiger partial charge in [-0.1, -0.05) is 114 Å². The SMILES string of the molecule is CC(C)c1cc(-c2cc(-c3cc(C(C)(C)C)ccn3)[c-]c(-c3cccc4oc(-c5ccccc5O)nc34)c2)cc(C(C)C)c1.[Pt]. The molecular weight excluding hydrogens is 736 g/mol. The molecule has 0 aliphatic heterocycles. The summed E-state index contributed by atoms with van der Waals surface area (Å²) in [5.74, 6) is 1.33. The number of rotatable bonds is 6. The van der Waals surface area contributed by atoms with Gasteiger partial charge in [-0.05, 0) is 63.8 Å². The zero-order chi connectivity index (χ0) is 31.2. The van der Waals surface area contributed by atoms with Crippen molar-refractivity contribution < 1.29 is 30.6 Å². The summed E-state index contributed by atoms with van der Waals surface area (Å²) >= 11 is 0. The molecule has 0 aliphatic rings. The fourth-order valence-corrected chi connectivity index (χ4v) is 5.51. The summed E-state index contributed by atoms with van der Waals surface area (Å²) in [5.41, 5.74) is 11.7. The first-order valence-corrected chi connectivity index (χ1v) is 15.4. The van der Waals surface area contributed by atoms with E-state index >= 15 is 0 Å². The van der Waals surface area contributed by atoms with E-state index in [1.165, 1.54) is 22.3 Å². The molecule has 0 saturated heterocycles. The molecule has 4 nitrogen and oxygen atoms in total. The van der Waals surface area contributed by atoms with E-state index in [-0.39, 0.29) is 32.2 Å². The summed E-state index contributed by atoms with van der Waals surface area (Å²) in [6, 6.07) is 32.4. The largest absolute Gasteiger partial charge is 0.507 e. The topological polar surface area (TPSA) is 59.2 Å². The Labute approximate surface area is 280 Å². The van der Waals surface area contributed by atoms with Crippen LogP contribution < -0.4 is 0 Å². The number of aromatic hydroxyl groups is 1. The number of oxazole rings is 1. The summed E-state index contributed by atoms with van der Waals surface area (Å²) in [4.78, 5) is 9.69. The number of benzene rings is 4. The van der Waals surface area contributed by atoms with Gasteiger partial charge in [-0.2, -0.15) is 0 Å². The van der Waals surface area contributed by atoms with Gasteiger partial charge < -0.3 is 9.52 Å². The second kappa shape index (κ2) is 12.8. The fraction of sp³-hybridized carbons (Fsp3) is 0.250. The summed E-state index contributed by atoms with van der Waals surface area (Å²) in [6.07, 6.45) is 1.89. The molecule has 5 heteroatoms. The number of phenolic OH excluding ortho intramolecular Hbond substituents is 1. The first-order chi connectivity index (χ1) is 21.0. The van der Waals surface area contributed by atoms with Crippen LogP contribution >= 0.6 is 0 Å². The zero-order valence-corrected chi connectivity index (χ0v) is 29.2. The maximum atomic E-state index is 10.5. The smallest absolute Gasteiger partial charge is 0.230 e. The maximum absolute atomic E-state index is 10.5. The standard InChI is InChI=1S/C40H39N2O2.Pt/c1-24(2)26-17-27(25(3)4)19-28(18-26)29-20-30(22-31(21-29)35-23-32(15-16-41-35)40(5,6)7)33-12-10-14-37-38(33)42-39(44-37)34-11-8-9-13-36(34)43;/h8-21,23-25,43H,1-7H3;/q-1;. The molecule has 0 bridgehead atoms. The van der Waals surface area contributed by atoms with Crippen LogP contribution in [0.3, 0.4) is 0 Å². The van der Waals surface area contributed by atoms with Crippen LogP contribution in [0.15, 0.2) is 95.5 Å². The molecule has 0 saturated carbocycles. The van der Waals surface area contributed by atoms with Crippen molar-refractivity contribution in [1.29, 1.82) is 0 Å². The van der Waals surface area contributed by atoms with Crippen LogP contribution in [0, 0.1) is 6.07 Å². The molecule has 0 aliphatic carbocycles. The third-order valence-corrected chi connectivity index (χ3v) is 8.26. The predicted molar refractivity (Wildman–Crippen MR) is 181 cm³/mol. The van der Waals surface area contributed by atoms with E-state index in [9.17, 15) is 5.11 Å². The van der Waals surface area contributed by atoms with Gasteiger partial charge in [0.25, 0.3) is 0 Å². The van der Waals surface area contributed by atoms with Gasteiger partial charge in [-0.3, -0.25) is 4.98 Å². The predicted octanol–water partition coefficient (Wildman–Crippen LogP) is 10.9. The Balaban J connectivity index is 0.00000400. The molecule has 0 fully saturated rings. The Morgan fingerprint density at radius 2 is 1.38 bits per heavy atom. The molecule has 0 radical (unpaired) electrons. The van der Waals surface area contributed by atoms with Crippen LogP contribution in [0.5, 0.6) is 5.75 Å². The van der Waals surface area contributed by atoms with Crippen LogP contribution in [0.4, 0.5) is 0 Å². The minimum absolute atomic E-state index is 0. The molecule has 1 N–H and O–H groups in total. The number of pyridine rings is 1. The molecule has 0 unspecified atom stereocenters. The minimum Gasteiger partial charge on any atom is -0.507 e. The number of para-hydroxylation sites is 2. The zero-order valence-electron chi connectivity index (χ0n) is 26.9. The van der Waals surface area contributed by atoms with Crippen molar-refractivity contribution in [3.63, 3.8) is 0 Å². The van der Waals surface area contributed by atoms with Crippen molar-refractivity contribution in [2.45, 2.75) is 65.7 Å². The second-order valence-electron chi connectivity index (χ2n) is 13.3. The first kappa shape index (κ1) is 32.4. The molecule has 6 rings (SSSR count). The van der Waals surface area contributed by atoms with Gasteiger partial charge in [-0.25, -0.2) is 4.98 Å². The maximum Gasteiger partial charge on any atom is 0.230 e. The summed E-state index contributed by atoms with van der Waals surface area (Å²) in [6.45, 7) is 15.6. The summed E-state index contributed by atoms with van der Waals surface area (Å²) in [5, 5.41) is 10.5. The molecule has 0 spiro atoms. The van der Waals surface area contributed by atoms with E-state index in [0.29, 0.717) is 28.9 Å². The van der Waals surface area contributed by atoms with E-state index in [1.54, 1.807) is 12.1 Å². The normalized spacial score (nSPS) is 11.8. The molecule has 2 aromatic heterocycles. The van der Waals surface area contributed by atoms with Crippen molar-refractivity contribution in [2.24, 2.45) is 0 Å². The number of nitrogens with zero attached hydrogens (tertiary/aromatic N) is 2. The number of hydrogen-bond acceptors (Lipinski definition) is 4. The van der Waals surface area contributed by atoms with Gasteiger partial charge in [-0.15, -0.1) is 23.8 Å². The van der Waals surface area contributed by atoms with Crippen LogP contribution in [-0.2, 0) is 26.5 Å². The van der Waals surface area contributed by atoms with Crippen molar-refractivity contribution in [3.8, 4) is 50.7 Å². The Morgan fingerprint density at radius 1 is 0.733 bits per heavy atom. The molecule has 4 aromatic carbocycles. The fourth-order valence-electron chi connectivity index (χ4n) is 5.51. The number of fused-ring (bicyclic) bond motifs is 1. The van der Waals surface area contributed by atoms with Gasteiger partial charge in [0.2, 0.25) is 5.89 Å². The van der Waals surface area contributed by atoms with Gasteiger partial charge in [0.1, 0.15) is 11.3 Å². The van der Waals surface area contributed by atoms with E-state index in [2.05, 4.69) is 103 Å². The summed E-state index contributed by atoms with van der Waals surface area (Å²) < 4.78 is 6.17. The van der Waals surface area contributed by atoms with Crippen molar-refractivity contribution in [1.82, 2.24) is 9.97 Å². The quantitative estimate of drug-likeness (QED) is 0.171. The van der Waals surface area contributed by atoms with E-state index in [4.69, 9.17) is 14.4 Å². The number of hydrogen-bond donors (Lipinski definition) is 1. The molecule has 0 amide bonds. The molecule has 45 heavy (non-hydrogen) atoms. The van der Waals surface area contributed by atoms with E-state index < -0.39 is 0 Å².